The van der Waals surface area contributed by atoms with Crippen LogP contribution >= 0.6 is 0 Å². The lowest BCUT2D eigenvalue weighted by Gasteiger charge is -2.06. The monoisotopic (exact) mass is 223 g/mol. The average Bonchev–Trinajstić information content (AvgIpc) is 2.74. The van der Waals surface area contributed by atoms with E-state index in [9.17, 15) is 4.79 Å². The quantitative estimate of drug-likeness (QED) is 0.809. The number of likely N-dealkylation sites (tertiary alicyclic amines) is 1. The van der Waals surface area contributed by atoms with Crippen molar-refractivity contribution in [3.63, 3.8) is 0 Å². The summed E-state index contributed by atoms with van der Waals surface area (Å²) in [7, 11) is 3.95. The Bertz CT molecular complexity index is 400. The van der Waals surface area contributed by atoms with Crippen LogP contribution in [-0.4, -0.2) is 45.7 Å². The minimum atomic E-state index is -0.830. The van der Waals surface area contributed by atoms with Gasteiger partial charge in [0.05, 0.1) is 5.69 Å². The van der Waals surface area contributed by atoms with E-state index < -0.39 is 5.97 Å². The van der Waals surface area contributed by atoms with E-state index in [0.29, 0.717) is 11.7 Å². The molecule has 1 saturated heterocycles. The van der Waals surface area contributed by atoms with E-state index in [1.54, 1.807) is 0 Å². The number of hydrogen-bond acceptors (Lipinski definition) is 3. The second kappa shape index (κ2) is 4.25. The SMILES string of the molecule is CN1CCC(c2cn(C)c(CC(=O)O)n2)C1. The first kappa shape index (κ1) is 11.1. The summed E-state index contributed by atoms with van der Waals surface area (Å²) in [4.78, 5) is 17.3. The number of rotatable bonds is 3. The van der Waals surface area contributed by atoms with Gasteiger partial charge in [-0.1, -0.05) is 0 Å². The molecule has 1 aromatic rings. The molecule has 2 heterocycles. The highest BCUT2D eigenvalue weighted by molar-refractivity contribution is 5.69. The van der Waals surface area contributed by atoms with Crippen LogP contribution in [0.2, 0.25) is 0 Å². The lowest BCUT2D eigenvalue weighted by molar-refractivity contribution is -0.136. The second-order valence-electron chi connectivity index (χ2n) is 4.51. The number of carboxylic acids is 1. The van der Waals surface area contributed by atoms with Crippen molar-refractivity contribution in [3.8, 4) is 0 Å². The summed E-state index contributed by atoms with van der Waals surface area (Å²) in [6, 6.07) is 0. The lowest BCUT2D eigenvalue weighted by atomic mass is 10.1. The van der Waals surface area contributed by atoms with Gasteiger partial charge in [0.2, 0.25) is 0 Å². The molecule has 0 saturated carbocycles. The van der Waals surface area contributed by atoms with Crippen LogP contribution < -0.4 is 0 Å². The van der Waals surface area contributed by atoms with Gasteiger partial charge in [0.25, 0.3) is 0 Å². The zero-order chi connectivity index (χ0) is 11.7. The second-order valence-corrected chi connectivity index (χ2v) is 4.51. The van der Waals surface area contributed by atoms with Crippen LogP contribution in [0.4, 0.5) is 0 Å². The Morgan fingerprint density at radius 3 is 2.94 bits per heavy atom. The van der Waals surface area contributed by atoms with E-state index in [2.05, 4.69) is 16.9 Å². The topological polar surface area (TPSA) is 58.4 Å². The van der Waals surface area contributed by atoms with E-state index in [0.717, 1.165) is 25.2 Å². The molecule has 16 heavy (non-hydrogen) atoms. The number of aromatic nitrogens is 2. The first-order chi connectivity index (χ1) is 7.56. The van der Waals surface area contributed by atoms with Gasteiger partial charge in [0, 0.05) is 25.7 Å². The summed E-state index contributed by atoms with van der Waals surface area (Å²) in [6.07, 6.45) is 3.07. The normalized spacial score (nSPS) is 21.5. The molecule has 5 nitrogen and oxygen atoms in total. The minimum absolute atomic E-state index is 0.000933. The zero-order valence-electron chi connectivity index (χ0n) is 9.68. The number of aryl methyl sites for hydroxylation is 1. The van der Waals surface area contributed by atoms with Crippen LogP contribution in [-0.2, 0) is 18.3 Å². The number of hydrogen-bond donors (Lipinski definition) is 1. The van der Waals surface area contributed by atoms with Gasteiger partial charge in [0.1, 0.15) is 12.2 Å². The van der Waals surface area contributed by atoms with E-state index in [4.69, 9.17) is 5.11 Å². The summed E-state index contributed by atoms with van der Waals surface area (Å²) in [6.45, 7) is 2.11. The summed E-state index contributed by atoms with van der Waals surface area (Å²) in [5.74, 6) is 0.264. The molecule has 0 bridgehead atoms. The van der Waals surface area contributed by atoms with Crippen molar-refractivity contribution in [1.82, 2.24) is 14.5 Å². The van der Waals surface area contributed by atoms with Crippen molar-refractivity contribution in [2.45, 2.75) is 18.8 Å². The maximum atomic E-state index is 10.6. The predicted molar refractivity (Wildman–Crippen MR) is 59.4 cm³/mol. The number of likely N-dealkylation sites (N-methyl/N-ethyl adjacent to an activating group) is 1. The average molecular weight is 223 g/mol. The lowest BCUT2D eigenvalue weighted by Crippen LogP contribution is -2.13. The Morgan fingerprint density at radius 1 is 1.62 bits per heavy atom. The maximum absolute atomic E-state index is 10.6. The van der Waals surface area contributed by atoms with E-state index >= 15 is 0 Å². The molecule has 1 aliphatic rings. The van der Waals surface area contributed by atoms with Gasteiger partial charge in [-0.05, 0) is 20.0 Å². The number of imidazole rings is 1. The molecule has 1 aliphatic heterocycles. The van der Waals surface area contributed by atoms with Crippen LogP contribution in [0.25, 0.3) is 0 Å². The number of aliphatic carboxylic acids is 1. The molecule has 1 atom stereocenters. The van der Waals surface area contributed by atoms with Crippen LogP contribution in [0, 0.1) is 0 Å². The molecule has 0 aliphatic carbocycles. The third kappa shape index (κ3) is 2.24. The molecular weight excluding hydrogens is 206 g/mol. The Morgan fingerprint density at radius 2 is 2.38 bits per heavy atom. The molecule has 1 N–H and O–H groups in total. The zero-order valence-corrected chi connectivity index (χ0v) is 9.68. The fourth-order valence-corrected chi connectivity index (χ4v) is 2.20. The first-order valence-corrected chi connectivity index (χ1v) is 5.48. The van der Waals surface area contributed by atoms with Gasteiger partial charge < -0.3 is 14.6 Å². The molecular formula is C11H17N3O2. The Kier molecular flexibility index (Phi) is 2.96. The largest absolute Gasteiger partial charge is 0.481 e. The van der Waals surface area contributed by atoms with Crippen LogP contribution in [0.1, 0.15) is 23.9 Å². The molecule has 0 amide bonds. The molecule has 88 valence electrons. The van der Waals surface area contributed by atoms with Gasteiger partial charge in [-0.15, -0.1) is 0 Å². The van der Waals surface area contributed by atoms with Crippen LogP contribution in [0.3, 0.4) is 0 Å². The van der Waals surface area contributed by atoms with Gasteiger partial charge in [-0.3, -0.25) is 4.79 Å². The number of carbonyl (C=O) groups is 1. The van der Waals surface area contributed by atoms with E-state index in [1.165, 1.54) is 0 Å². The van der Waals surface area contributed by atoms with E-state index in [-0.39, 0.29) is 6.42 Å². The predicted octanol–water partition coefficient (Wildman–Crippen LogP) is 0.466. The van der Waals surface area contributed by atoms with Gasteiger partial charge >= 0.3 is 5.97 Å². The van der Waals surface area contributed by atoms with Crippen LogP contribution in [0.15, 0.2) is 6.20 Å². The molecule has 1 fully saturated rings. The summed E-state index contributed by atoms with van der Waals surface area (Å²) >= 11 is 0. The molecule has 1 unspecified atom stereocenters. The summed E-state index contributed by atoms with van der Waals surface area (Å²) in [5, 5.41) is 8.75. The Labute approximate surface area is 94.7 Å². The molecule has 0 radical (unpaired) electrons. The van der Waals surface area contributed by atoms with Crippen molar-refractivity contribution in [2.75, 3.05) is 20.1 Å². The summed E-state index contributed by atoms with van der Waals surface area (Å²) in [5.41, 5.74) is 1.03. The minimum Gasteiger partial charge on any atom is -0.481 e. The maximum Gasteiger partial charge on any atom is 0.311 e. The Balaban J connectivity index is 2.14. The molecule has 5 heteroatoms. The molecule has 0 aromatic carbocycles. The third-order valence-corrected chi connectivity index (χ3v) is 3.11. The molecule has 2 rings (SSSR count). The van der Waals surface area contributed by atoms with Crippen molar-refractivity contribution < 1.29 is 9.90 Å². The molecule has 1 aromatic heterocycles. The Hall–Kier alpha value is -1.36. The van der Waals surface area contributed by atoms with Crippen molar-refractivity contribution in [3.05, 3.63) is 17.7 Å². The fraction of sp³-hybridized carbons (Fsp3) is 0.636. The highest BCUT2D eigenvalue weighted by Gasteiger charge is 2.24. The van der Waals surface area contributed by atoms with Crippen LogP contribution in [0.5, 0.6) is 0 Å². The van der Waals surface area contributed by atoms with Gasteiger partial charge in [-0.25, -0.2) is 4.98 Å². The smallest absolute Gasteiger partial charge is 0.311 e. The third-order valence-electron chi connectivity index (χ3n) is 3.11. The fourth-order valence-electron chi connectivity index (χ4n) is 2.20. The standard InChI is InChI=1S/C11H17N3O2/c1-13-4-3-8(6-13)9-7-14(2)10(12-9)5-11(15)16/h7-8H,3-6H2,1-2H3,(H,15,16). The highest BCUT2D eigenvalue weighted by Crippen LogP contribution is 2.25. The van der Waals surface area contributed by atoms with Crippen molar-refractivity contribution >= 4 is 5.97 Å². The van der Waals surface area contributed by atoms with Gasteiger partial charge in [-0.2, -0.15) is 0 Å². The first-order valence-electron chi connectivity index (χ1n) is 5.48. The highest BCUT2D eigenvalue weighted by atomic mass is 16.4. The number of carboxylic acid groups (broad SMARTS) is 1. The van der Waals surface area contributed by atoms with Gasteiger partial charge in [0.15, 0.2) is 0 Å². The number of nitrogens with zero attached hydrogens (tertiary/aromatic N) is 3. The molecule has 0 spiro atoms. The van der Waals surface area contributed by atoms with Crippen molar-refractivity contribution in [1.29, 1.82) is 0 Å². The summed E-state index contributed by atoms with van der Waals surface area (Å²) < 4.78 is 1.82. The van der Waals surface area contributed by atoms with E-state index in [1.807, 2.05) is 17.8 Å². The van der Waals surface area contributed by atoms with Crippen molar-refractivity contribution in [2.24, 2.45) is 7.05 Å².